The second-order valence-electron chi connectivity index (χ2n) is 8.41. The van der Waals surface area contributed by atoms with E-state index >= 15 is 0 Å². The zero-order valence-corrected chi connectivity index (χ0v) is 20.8. The van der Waals surface area contributed by atoms with Crippen LogP contribution in [0.4, 0.5) is 0 Å². The van der Waals surface area contributed by atoms with Crippen LogP contribution in [0.15, 0.2) is 76.8 Å². The SMILES string of the molecule is COc1ccc(-c2nc(COc3cc(OC)cc4oc(-c5cn6cc(C)ccc6n5)cc34)cs2)cc1. The molecule has 6 rings (SSSR count). The Balaban J connectivity index is 1.28. The third-order valence-corrected chi connectivity index (χ3v) is 6.86. The summed E-state index contributed by atoms with van der Waals surface area (Å²) >= 11 is 1.58. The predicted molar refractivity (Wildman–Crippen MR) is 140 cm³/mol. The Morgan fingerprint density at radius 2 is 1.75 bits per heavy atom. The monoisotopic (exact) mass is 497 g/mol. The number of imidazole rings is 1. The molecule has 0 aliphatic heterocycles. The second kappa shape index (κ2) is 9.05. The van der Waals surface area contributed by atoms with Crippen LogP contribution in [-0.2, 0) is 6.61 Å². The van der Waals surface area contributed by atoms with Gasteiger partial charge in [-0.1, -0.05) is 6.07 Å². The summed E-state index contributed by atoms with van der Waals surface area (Å²) in [5, 5.41) is 3.79. The molecule has 0 amide bonds. The molecule has 4 aromatic heterocycles. The molecule has 0 spiro atoms. The number of hydrogen-bond donors (Lipinski definition) is 0. The number of hydrogen-bond acceptors (Lipinski definition) is 7. The van der Waals surface area contributed by atoms with Gasteiger partial charge in [-0.05, 0) is 48.9 Å². The maximum atomic E-state index is 6.22. The summed E-state index contributed by atoms with van der Waals surface area (Å²) in [4.78, 5) is 9.45. The van der Waals surface area contributed by atoms with Crippen molar-refractivity contribution in [3.8, 4) is 39.3 Å². The van der Waals surface area contributed by atoms with Crippen molar-refractivity contribution in [2.24, 2.45) is 0 Å². The number of pyridine rings is 1. The van der Waals surface area contributed by atoms with E-state index in [0.717, 1.165) is 44.3 Å². The van der Waals surface area contributed by atoms with E-state index in [2.05, 4.69) is 6.92 Å². The van der Waals surface area contributed by atoms with Gasteiger partial charge in [0.05, 0.1) is 25.3 Å². The first-order valence-electron chi connectivity index (χ1n) is 11.4. The summed E-state index contributed by atoms with van der Waals surface area (Å²) in [6.45, 7) is 2.38. The number of thiazole rings is 1. The van der Waals surface area contributed by atoms with E-state index in [1.54, 1.807) is 25.6 Å². The zero-order chi connectivity index (χ0) is 24.6. The standard InChI is InChI=1S/C28H23N3O4S/c1-17-4-9-27-30-23(14-31(27)13-17)26-12-22-24(10-21(33-3)11-25(22)35-26)34-15-19-16-36-28(29-19)18-5-7-20(32-2)8-6-18/h4-14,16H,15H2,1-3H3. The first kappa shape index (κ1) is 22.2. The van der Waals surface area contributed by atoms with E-state index in [1.165, 1.54) is 0 Å². The fourth-order valence-corrected chi connectivity index (χ4v) is 4.87. The van der Waals surface area contributed by atoms with Gasteiger partial charge in [0.2, 0.25) is 0 Å². The van der Waals surface area contributed by atoms with Gasteiger partial charge >= 0.3 is 0 Å². The summed E-state index contributed by atoms with van der Waals surface area (Å²) in [5.41, 5.74) is 5.34. The summed E-state index contributed by atoms with van der Waals surface area (Å²) in [6, 6.07) is 17.6. The number of rotatable bonds is 7. The zero-order valence-electron chi connectivity index (χ0n) is 20.0. The Labute approximate surface area is 211 Å². The van der Waals surface area contributed by atoms with E-state index in [1.807, 2.05) is 76.8 Å². The van der Waals surface area contributed by atoms with Crippen molar-refractivity contribution in [3.63, 3.8) is 0 Å². The molecule has 0 saturated carbocycles. The highest BCUT2D eigenvalue weighted by Gasteiger charge is 2.16. The van der Waals surface area contributed by atoms with Gasteiger partial charge in [-0.25, -0.2) is 9.97 Å². The number of benzene rings is 2. The second-order valence-corrected chi connectivity index (χ2v) is 9.27. The topological polar surface area (TPSA) is 71.0 Å². The van der Waals surface area contributed by atoms with Crippen LogP contribution in [0.2, 0.25) is 0 Å². The van der Waals surface area contributed by atoms with Crippen LogP contribution < -0.4 is 14.2 Å². The summed E-state index contributed by atoms with van der Waals surface area (Å²) in [7, 11) is 3.28. The van der Waals surface area contributed by atoms with Crippen molar-refractivity contribution < 1.29 is 18.6 Å². The molecular formula is C28H23N3O4S. The number of methoxy groups -OCH3 is 2. The summed E-state index contributed by atoms with van der Waals surface area (Å²) < 4.78 is 25.1. The van der Waals surface area contributed by atoms with Gasteiger partial charge in [-0.2, -0.15) is 0 Å². The molecule has 0 radical (unpaired) electrons. The molecule has 4 heterocycles. The van der Waals surface area contributed by atoms with Gasteiger partial charge in [0, 0.05) is 35.5 Å². The van der Waals surface area contributed by atoms with E-state index in [0.29, 0.717) is 29.4 Å². The lowest BCUT2D eigenvalue weighted by molar-refractivity contribution is 0.303. The van der Waals surface area contributed by atoms with Gasteiger partial charge in [0.1, 0.15) is 45.8 Å². The van der Waals surface area contributed by atoms with Crippen LogP contribution in [0.25, 0.3) is 38.6 Å². The van der Waals surface area contributed by atoms with Crippen LogP contribution in [-0.4, -0.2) is 28.6 Å². The van der Waals surface area contributed by atoms with Crippen LogP contribution in [0, 0.1) is 6.92 Å². The Morgan fingerprint density at radius 1 is 0.917 bits per heavy atom. The van der Waals surface area contributed by atoms with Crippen molar-refractivity contribution in [1.29, 1.82) is 0 Å². The van der Waals surface area contributed by atoms with Gasteiger partial charge in [0.25, 0.3) is 0 Å². The maximum absolute atomic E-state index is 6.22. The van der Waals surface area contributed by atoms with Crippen molar-refractivity contribution in [3.05, 3.63) is 83.6 Å². The molecule has 0 aliphatic rings. The molecule has 0 atom stereocenters. The molecule has 2 aromatic carbocycles. The van der Waals surface area contributed by atoms with Crippen molar-refractivity contribution in [2.75, 3.05) is 14.2 Å². The van der Waals surface area contributed by atoms with Gasteiger partial charge in [-0.15, -0.1) is 11.3 Å². The highest BCUT2D eigenvalue weighted by atomic mass is 32.1. The largest absolute Gasteiger partial charge is 0.497 e. The molecule has 0 N–H and O–H groups in total. The lowest BCUT2D eigenvalue weighted by atomic mass is 10.2. The first-order valence-corrected chi connectivity index (χ1v) is 12.3. The van der Waals surface area contributed by atoms with Crippen LogP contribution in [0.1, 0.15) is 11.3 Å². The van der Waals surface area contributed by atoms with Crippen molar-refractivity contribution in [1.82, 2.24) is 14.4 Å². The predicted octanol–water partition coefficient (Wildman–Crippen LogP) is 6.78. The highest BCUT2D eigenvalue weighted by Crippen LogP contribution is 2.37. The fourth-order valence-electron chi connectivity index (χ4n) is 4.06. The fraction of sp³-hybridized carbons (Fsp3) is 0.143. The number of nitrogens with zero attached hydrogens (tertiary/aromatic N) is 3. The quantitative estimate of drug-likeness (QED) is 0.242. The smallest absolute Gasteiger partial charge is 0.155 e. The lowest BCUT2D eigenvalue weighted by Gasteiger charge is -2.08. The van der Waals surface area contributed by atoms with E-state index in [-0.39, 0.29) is 0 Å². The molecule has 0 unspecified atom stereocenters. The minimum atomic E-state index is 0.322. The van der Waals surface area contributed by atoms with Crippen LogP contribution >= 0.6 is 11.3 Å². The van der Waals surface area contributed by atoms with Crippen molar-refractivity contribution >= 4 is 28.0 Å². The summed E-state index contributed by atoms with van der Waals surface area (Å²) in [5.74, 6) is 2.80. The first-order chi connectivity index (χ1) is 17.6. The van der Waals surface area contributed by atoms with Gasteiger partial charge in [-0.3, -0.25) is 0 Å². The van der Waals surface area contributed by atoms with Gasteiger partial charge in [0.15, 0.2) is 5.76 Å². The summed E-state index contributed by atoms with van der Waals surface area (Å²) in [6.07, 6.45) is 4.01. The molecule has 6 aromatic rings. The average molecular weight is 498 g/mol. The molecule has 0 saturated heterocycles. The molecule has 36 heavy (non-hydrogen) atoms. The highest BCUT2D eigenvalue weighted by molar-refractivity contribution is 7.13. The lowest BCUT2D eigenvalue weighted by Crippen LogP contribution is -1.97. The molecule has 0 aliphatic carbocycles. The maximum Gasteiger partial charge on any atom is 0.155 e. The minimum Gasteiger partial charge on any atom is -0.497 e. The Hall–Kier alpha value is -4.30. The molecular weight excluding hydrogens is 474 g/mol. The number of fused-ring (bicyclic) bond motifs is 2. The number of aromatic nitrogens is 3. The van der Waals surface area contributed by atoms with Gasteiger partial charge < -0.3 is 23.0 Å². The molecule has 180 valence electrons. The normalized spacial score (nSPS) is 11.3. The van der Waals surface area contributed by atoms with Crippen LogP contribution in [0.3, 0.4) is 0 Å². The molecule has 7 nitrogen and oxygen atoms in total. The minimum absolute atomic E-state index is 0.322. The van der Waals surface area contributed by atoms with Crippen LogP contribution in [0.5, 0.6) is 17.2 Å². The third kappa shape index (κ3) is 4.16. The molecule has 0 fully saturated rings. The Bertz CT molecular complexity index is 1680. The van der Waals surface area contributed by atoms with Crippen molar-refractivity contribution in [2.45, 2.75) is 13.5 Å². The van der Waals surface area contributed by atoms with E-state index in [9.17, 15) is 0 Å². The average Bonchev–Trinajstić information content (AvgIpc) is 3.64. The third-order valence-electron chi connectivity index (χ3n) is 5.92. The Morgan fingerprint density at radius 3 is 2.56 bits per heavy atom. The number of aryl methyl sites for hydroxylation is 1. The number of furan rings is 1. The number of ether oxygens (including phenoxy) is 3. The van der Waals surface area contributed by atoms with E-state index < -0.39 is 0 Å². The Kier molecular flexibility index (Phi) is 5.58. The molecule has 8 heteroatoms. The molecule has 0 bridgehead atoms. The van der Waals surface area contributed by atoms with E-state index in [4.69, 9.17) is 28.6 Å².